The second-order valence-corrected chi connectivity index (χ2v) is 4.41. The van der Waals surface area contributed by atoms with Crippen molar-refractivity contribution in [3.8, 4) is 0 Å². The first-order valence-corrected chi connectivity index (χ1v) is 6.21. The Hall–Kier alpha value is -1.95. The van der Waals surface area contributed by atoms with Gasteiger partial charge in [-0.05, 0) is 12.1 Å². The van der Waals surface area contributed by atoms with Gasteiger partial charge < -0.3 is 10.1 Å². The quantitative estimate of drug-likeness (QED) is 0.788. The van der Waals surface area contributed by atoms with E-state index in [-0.39, 0.29) is 11.9 Å². The predicted molar refractivity (Wildman–Crippen MR) is 68.5 cm³/mol. The number of rotatable bonds is 3. The fourth-order valence-electron chi connectivity index (χ4n) is 1.96. The molecule has 6 nitrogen and oxygen atoms in total. The van der Waals surface area contributed by atoms with Gasteiger partial charge in [-0.1, -0.05) is 0 Å². The predicted octanol–water partition coefficient (Wildman–Crippen LogP) is 0.190. The standard InChI is InChI=1S/C13H17N3O3/c1-19-13(18)10-2-3-11(15-8-10)9-16-6-4-12(17)14-5-7-16/h2-3,8H,4-7,9H2,1H3,(H,14,17). The van der Waals surface area contributed by atoms with Crippen LogP contribution in [0, 0.1) is 0 Å². The topological polar surface area (TPSA) is 71.5 Å². The summed E-state index contributed by atoms with van der Waals surface area (Å²) < 4.78 is 4.62. The average molecular weight is 263 g/mol. The van der Waals surface area contributed by atoms with E-state index in [0.29, 0.717) is 25.1 Å². The van der Waals surface area contributed by atoms with Gasteiger partial charge in [0.05, 0.1) is 18.4 Å². The normalized spacial score (nSPS) is 16.6. The fourth-order valence-corrected chi connectivity index (χ4v) is 1.96. The van der Waals surface area contributed by atoms with Crippen LogP contribution in [0.1, 0.15) is 22.5 Å². The average Bonchev–Trinajstić information content (AvgIpc) is 2.64. The van der Waals surface area contributed by atoms with Gasteiger partial charge in [-0.15, -0.1) is 0 Å². The number of esters is 1. The highest BCUT2D eigenvalue weighted by Gasteiger charge is 2.14. The van der Waals surface area contributed by atoms with Crippen LogP contribution in [0.5, 0.6) is 0 Å². The third-order valence-corrected chi connectivity index (χ3v) is 3.04. The first-order chi connectivity index (χ1) is 9.19. The maximum Gasteiger partial charge on any atom is 0.339 e. The van der Waals surface area contributed by atoms with Crippen LogP contribution >= 0.6 is 0 Å². The highest BCUT2D eigenvalue weighted by atomic mass is 16.5. The van der Waals surface area contributed by atoms with Crippen LogP contribution in [-0.4, -0.2) is 48.5 Å². The van der Waals surface area contributed by atoms with Crippen LogP contribution in [0.4, 0.5) is 0 Å². The molecule has 6 heteroatoms. The Morgan fingerprint density at radius 2 is 2.32 bits per heavy atom. The van der Waals surface area contributed by atoms with Crippen molar-refractivity contribution in [3.63, 3.8) is 0 Å². The van der Waals surface area contributed by atoms with E-state index in [1.807, 2.05) is 6.07 Å². The molecule has 1 N–H and O–H groups in total. The molecule has 1 aromatic heterocycles. The third kappa shape index (κ3) is 3.75. The smallest absolute Gasteiger partial charge is 0.339 e. The maximum absolute atomic E-state index is 11.3. The molecular weight excluding hydrogens is 246 g/mol. The lowest BCUT2D eigenvalue weighted by Gasteiger charge is -2.18. The SMILES string of the molecule is COC(=O)c1ccc(CN2CCNC(=O)CC2)nc1. The van der Waals surface area contributed by atoms with E-state index in [1.165, 1.54) is 13.3 Å². The van der Waals surface area contributed by atoms with Crippen molar-refractivity contribution in [2.45, 2.75) is 13.0 Å². The number of hydrogen-bond acceptors (Lipinski definition) is 5. The van der Waals surface area contributed by atoms with Crippen molar-refractivity contribution in [2.75, 3.05) is 26.7 Å². The summed E-state index contributed by atoms with van der Waals surface area (Å²) in [6.07, 6.45) is 2.03. The Morgan fingerprint density at radius 1 is 1.47 bits per heavy atom. The minimum absolute atomic E-state index is 0.0940. The molecule has 2 rings (SSSR count). The molecule has 2 heterocycles. The monoisotopic (exact) mass is 263 g/mol. The van der Waals surface area contributed by atoms with Crippen LogP contribution in [0.15, 0.2) is 18.3 Å². The Morgan fingerprint density at radius 3 is 3.00 bits per heavy atom. The van der Waals surface area contributed by atoms with Gasteiger partial charge in [-0.3, -0.25) is 14.7 Å². The molecule has 0 spiro atoms. The molecule has 0 aromatic carbocycles. The number of nitrogens with one attached hydrogen (secondary N) is 1. The maximum atomic E-state index is 11.3. The summed E-state index contributed by atoms with van der Waals surface area (Å²) >= 11 is 0. The summed E-state index contributed by atoms with van der Waals surface area (Å²) in [5, 5.41) is 2.83. The Labute approximate surface area is 111 Å². The fraction of sp³-hybridized carbons (Fsp3) is 0.462. The first kappa shape index (κ1) is 13.5. The van der Waals surface area contributed by atoms with Crippen molar-refractivity contribution in [2.24, 2.45) is 0 Å². The molecule has 19 heavy (non-hydrogen) atoms. The van der Waals surface area contributed by atoms with Crippen LogP contribution in [-0.2, 0) is 16.1 Å². The molecule has 1 fully saturated rings. The molecule has 0 radical (unpaired) electrons. The van der Waals surface area contributed by atoms with Crippen molar-refractivity contribution >= 4 is 11.9 Å². The van der Waals surface area contributed by atoms with Crippen molar-refractivity contribution in [3.05, 3.63) is 29.6 Å². The molecule has 0 aliphatic carbocycles. The number of amides is 1. The molecule has 0 unspecified atom stereocenters. The van der Waals surface area contributed by atoms with E-state index >= 15 is 0 Å². The number of aromatic nitrogens is 1. The van der Waals surface area contributed by atoms with E-state index in [4.69, 9.17) is 0 Å². The Balaban J connectivity index is 1.95. The van der Waals surface area contributed by atoms with Crippen molar-refractivity contribution in [1.29, 1.82) is 0 Å². The molecule has 102 valence electrons. The summed E-state index contributed by atoms with van der Waals surface area (Å²) in [4.78, 5) is 28.9. The van der Waals surface area contributed by atoms with E-state index < -0.39 is 0 Å². The Kier molecular flexibility index (Phi) is 4.46. The number of carbonyl (C=O) groups is 2. The second-order valence-electron chi connectivity index (χ2n) is 4.41. The van der Waals surface area contributed by atoms with Gasteiger partial charge in [0.25, 0.3) is 0 Å². The largest absolute Gasteiger partial charge is 0.465 e. The van der Waals surface area contributed by atoms with Crippen LogP contribution < -0.4 is 5.32 Å². The summed E-state index contributed by atoms with van der Waals surface area (Å²) in [5.74, 6) is -0.292. The van der Waals surface area contributed by atoms with Gasteiger partial charge in [-0.25, -0.2) is 4.79 Å². The van der Waals surface area contributed by atoms with Gasteiger partial charge in [-0.2, -0.15) is 0 Å². The highest BCUT2D eigenvalue weighted by molar-refractivity contribution is 5.88. The van der Waals surface area contributed by atoms with Gasteiger partial charge in [0, 0.05) is 38.8 Å². The lowest BCUT2D eigenvalue weighted by molar-refractivity contribution is -0.120. The molecular formula is C13H17N3O3. The lowest BCUT2D eigenvalue weighted by Crippen LogP contribution is -2.28. The van der Waals surface area contributed by atoms with Gasteiger partial charge in [0.15, 0.2) is 0 Å². The number of ether oxygens (including phenoxy) is 1. The summed E-state index contributed by atoms with van der Waals surface area (Å²) in [5.41, 5.74) is 1.32. The van der Waals surface area contributed by atoms with Crippen LogP contribution in [0.3, 0.4) is 0 Å². The molecule has 1 aliphatic rings. The van der Waals surface area contributed by atoms with Gasteiger partial charge in [0.2, 0.25) is 5.91 Å². The van der Waals surface area contributed by atoms with E-state index in [0.717, 1.165) is 18.8 Å². The van der Waals surface area contributed by atoms with Crippen molar-refractivity contribution < 1.29 is 14.3 Å². The molecule has 1 aromatic rings. The minimum atomic E-state index is -0.386. The van der Waals surface area contributed by atoms with Crippen molar-refractivity contribution in [1.82, 2.24) is 15.2 Å². The zero-order valence-electron chi connectivity index (χ0n) is 10.9. The highest BCUT2D eigenvalue weighted by Crippen LogP contribution is 2.06. The van der Waals surface area contributed by atoms with Crippen LogP contribution in [0.25, 0.3) is 0 Å². The van der Waals surface area contributed by atoms with Gasteiger partial charge >= 0.3 is 5.97 Å². The zero-order valence-corrected chi connectivity index (χ0v) is 10.9. The van der Waals surface area contributed by atoms with E-state index in [2.05, 4.69) is 19.9 Å². The third-order valence-electron chi connectivity index (χ3n) is 3.04. The summed E-state index contributed by atoms with van der Waals surface area (Å²) in [6.45, 7) is 2.88. The molecule has 0 bridgehead atoms. The number of methoxy groups -OCH3 is 1. The zero-order chi connectivity index (χ0) is 13.7. The summed E-state index contributed by atoms with van der Waals surface area (Å²) in [7, 11) is 1.34. The lowest BCUT2D eigenvalue weighted by atomic mass is 10.2. The second kappa shape index (κ2) is 6.29. The number of hydrogen-bond donors (Lipinski definition) is 1. The number of carbonyl (C=O) groups excluding carboxylic acids is 2. The molecule has 1 aliphatic heterocycles. The minimum Gasteiger partial charge on any atom is -0.465 e. The molecule has 0 atom stereocenters. The number of nitrogens with zero attached hydrogens (tertiary/aromatic N) is 2. The van der Waals surface area contributed by atoms with E-state index in [1.54, 1.807) is 6.07 Å². The summed E-state index contributed by atoms with van der Waals surface area (Å²) in [6, 6.07) is 3.52. The molecule has 0 saturated carbocycles. The molecule has 1 amide bonds. The Bertz CT molecular complexity index is 459. The van der Waals surface area contributed by atoms with E-state index in [9.17, 15) is 9.59 Å². The van der Waals surface area contributed by atoms with Gasteiger partial charge in [0.1, 0.15) is 0 Å². The van der Waals surface area contributed by atoms with Crippen LogP contribution in [0.2, 0.25) is 0 Å². The first-order valence-electron chi connectivity index (χ1n) is 6.21. The molecule has 1 saturated heterocycles. The number of pyridine rings is 1.